The molecular weight excluding hydrogens is 268 g/mol. The van der Waals surface area contributed by atoms with Crippen molar-refractivity contribution in [1.82, 2.24) is 10.2 Å². The van der Waals surface area contributed by atoms with Gasteiger partial charge in [0.05, 0.1) is 17.3 Å². The maximum absolute atomic E-state index is 12.3. The zero-order chi connectivity index (χ0) is 14.8. The van der Waals surface area contributed by atoms with Crippen LogP contribution in [0.15, 0.2) is 41.6 Å². The fourth-order valence-corrected chi connectivity index (χ4v) is 2.76. The molecule has 21 heavy (non-hydrogen) atoms. The van der Waals surface area contributed by atoms with Gasteiger partial charge in [-0.3, -0.25) is 4.90 Å². The summed E-state index contributed by atoms with van der Waals surface area (Å²) in [6, 6.07) is 8.93. The summed E-state index contributed by atoms with van der Waals surface area (Å²) >= 11 is 0. The van der Waals surface area contributed by atoms with Gasteiger partial charge in [0.2, 0.25) is 0 Å². The summed E-state index contributed by atoms with van der Waals surface area (Å²) in [6.45, 7) is 2.87. The van der Waals surface area contributed by atoms with Crippen LogP contribution >= 0.6 is 0 Å². The Labute approximate surface area is 123 Å². The Morgan fingerprint density at radius 3 is 2.76 bits per heavy atom. The number of esters is 1. The molecule has 0 aliphatic carbocycles. The summed E-state index contributed by atoms with van der Waals surface area (Å²) in [4.78, 5) is 26.0. The van der Waals surface area contributed by atoms with Crippen LogP contribution < -0.4 is 5.32 Å². The monoisotopic (exact) mass is 286 g/mol. The lowest BCUT2D eigenvalue weighted by atomic mass is 9.96. The number of nitrogens with one attached hydrogen (secondary N) is 1. The molecule has 0 aromatic heterocycles. The Kier molecular flexibility index (Phi) is 3.64. The van der Waals surface area contributed by atoms with E-state index in [1.165, 1.54) is 0 Å². The molecule has 1 aromatic carbocycles. The van der Waals surface area contributed by atoms with Crippen LogP contribution in [0.4, 0.5) is 4.79 Å². The van der Waals surface area contributed by atoms with E-state index in [2.05, 4.69) is 12.2 Å². The van der Waals surface area contributed by atoms with Crippen LogP contribution in [0.2, 0.25) is 0 Å². The van der Waals surface area contributed by atoms with Crippen molar-refractivity contribution < 1.29 is 14.3 Å². The van der Waals surface area contributed by atoms with E-state index in [1.807, 2.05) is 30.3 Å². The average Bonchev–Trinajstić information content (AvgIpc) is 2.89. The van der Waals surface area contributed by atoms with E-state index in [0.717, 1.165) is 18.4 Å². The summed E-state index contributed by atoms with van der Waals surface area (Å²) in [5.74, 6) is -0.333. The Morgan fingerprint density at radius 2 is 2.05 bits per heavy atom. The fraction of sp³-hybridized carbons (Fsp3) is 0.375. The minimum atomic E-state index is -0.415. The molecule has 0 bridgehead atoms. The van der Waals surface area contributed by atoms with Crippen LogP contribution in [0.3, 0.4) is 0 Å². The van der Waals surface area contributed by atoms with Gasteiger partial charge in [0.15, 0.2) is 0 Å². The topological polar surface area (TPSA) is 58.6 Å². The first-order chi connectivity index (χ1) is 10.2. The molecule has 0 radical (unpaired) electrons. The lowest BCUT2D eigenvalue weighted by Crippen LogP contribution is -2.47. The third-order valence-electron chi connectivity index (χ3n) is 3.87. The van der Waals surface area contributed by atoms with E-state index >= 15 is 0 Å². The van der Waals surface area contributed by atoms with Gasteiger partial charge in [-0.2, -0.15) is 0 Å². The van der Waals surface area contributed by atoms with Crippen molar-refractivity contribution >= 4 is 12.0 Å². The highest BCUT2D eigenvalue weighted by atomic mass is 16.5. The van der Waals surface area contributed by atoms with Crippen LogP contribution in [0.25, 0.3) is 0 Å². The first kappa shape index (κ1) is 13.7. The Hall–Kier alpha value is -2.30. The van der Waals surface area contributed by atoms with E-state index in [9.17, 15) is 9.59 Å². The zero-order valence-electron chi connectivity index (χ0n) is 12.0. The molecule has 1 atom stereocenters. The highest BCUT2D eigenvalue weighted by Gasteiger charge is 2.41. The van der Waals surface area contributed by atoms with Gasteiger partial charge in [-0.1, -0.05) is 43.7 Å². The van der Waals surface area contributed by atoms with E-state index < -0.39 is 6.04 Å². The molecule has 0 saturated heterocycles. The highest BCUT2D eigenvalue weighted by Crippen LogP contribution is 2.34. The molecule has 2 aliphatic rings. The number of hydrogen-bond donors (Lipinski definition) is 1. The van der Waals surface area contributed by atoms with E-state index in [1.54, 1.807) is 4.90 Å². The second-order valence-electron chi connectivity index (χ2n) is 5.23. The van der Waals surface area contributed by atoms with Gasteiger partial charge in [0.1, 0.15) is 6.61 Å². The summed E-state index contributed by atoms with van der Waals surface area (Å²) in [5.41, 5.74) is 2.18. The largest absolute Gasteiger partial charge is 0.456 e. The van der Waals surface area contributed by atoms with Gasteiger partial charge in [-0.25, -0.2) is 9.59 Å². The Bertz CT molecular complexity index is 595. The summed E-state index contributed by atoms with van der Waals surface area (Å²) in [6.07, 6.45) is 1.89. The predicted molar refractivity (Wildman–Crippen MR) is 77.3 cm³/mol. The van der Waals surface area contributed by atoms with Crippen molar-refractivity contribution in [2.24, 2.45) is 0 Å². The van der Waals surface area contributed by atoms with Gasteiger partial charge < -0.3 is 10.1 Å². The summed E-state index contributed by atoms with van der Waals surface area (Å²) < 4.78 is 5.16. The van der Waals surface area contributed by atoms with Crippen molar-refractivity contribution in [2.45, 2.75) is 25.8 Å². The van der Waals surface area contributed by atoms with E-state index in [-0.39, 0.29) is 18.6 Å². The second kappa shape index (κ2) is 5.60. The van der Waals surface area contributed by atoms with Gasteiger partial charge in [-0.05, 0) is 12.0 Å². The Balaban J connectivity index is 1.99. The normalized spacial score (nSPS) is 21.2. The van der Waals surface area contributed by atoms with Crippen LogP contribution in [0.5, 0.6) is 0 Å². The number of hydrogen-bond acceptors (Lipinski definition) is 3. The summed E-state index contributed by atoms with van der Waals surface area (Å²) in [5, 5.41) is 2.92. The van der Waals surface area contributed by atoms with Gasteiger partial charge in [0.25, 0.3) is 0 Å². The molecule has 0 fully saturated rings. The molecule has 2 heterocycles. The third kappa shape index (κ3) is 2.39. The SMILES string of the molecule is CCCCN1C(=O)N[C@@H](c2ccccc2)C2=C1COC2=O. The van der Waals surface area contributed by atoms with Gasteiger partial charge in [-0.15, -0.1) is 0 Å². The average molecular weight is 286 g/mol. The number of rotatable bonds is 4. The first-order valence-corrected chi connectivity index (χ1v) is 7.25. The van der Waals surface area contributed by atoms with Gasteiger partial charge in [0, 0.05) is 6.54 Å². The number of urea groups is 1. The number of cyclic esters (lactones) is 1. The molecule has 0 saturated carbocycles. The van der Waals surface area contributed by atoms with Crippen molar-refractivity contribution in [1.29, 1.82) is 0 Å². The summed E-state index contributed by atoms with van der Waals surface area (Å²) in [7, 11) is 0. The number of carbonyl (C=O) groups is 2. The second-order valence-corrected chi connectivity index (χ2v) is 5.23. The smallest absolute Gasteiger partial charge is 0.338 e. The lowest BCUT2D eigenvalue weighted by Gasteiger charge is -2.32. The van der Waals surface area contributed by atoms with Crippen molar-refractivity contribution in [3.63, 3.8) is 0 Å². The third-order valence-corrected chi connectivity index (χ3v) is 3.87. The van der Waals surface area contributed by atoms with Crippen LogP contribution in [0.1, 0.15) is 31.4 Å². The van der Waals surface area contributed by atoms with Crippen LogP contribution in [0, 0.1) is 0 Å². The molecule has 0 spiro atoms. The molecule has 110 valence electrons. The molecule has 5 heteroatoms. The number of benzene rings is 1. The maximum Gasteiger partial charge on any atom is 0.338 e. The zero-order valence-corrected chi connectivity index (χ0v) is 12.0. The fourth-order valence-electron chi connectivity index (χ4n) is 2.76. The number of nitrogens with zero attached hydrogens (tertiary/aromatic N) is 1. The van der Waals surface area contributed by atoms with Gasteiger partial charge >= 0.3 is 12.0 Å². The molecule has 2 aliphatic heterocycles. The van der Waals surface area contributed by atoms with Crippen LogP contribution in [-0.4, -0.2) is 30.1 Å². The van der Waals surface area contributed by atoms with Crippen molar-refractivity contribution in [3.8, 4) is 0 Å². The molecule has 5 nitrogen and oxygen atoms in total. The minimum Gasteiger partial charge on any atom is -0.456 e. The maximum atomic E-state index is 12.3. The predicted octanol–water partition coefficient (Wildman–Crippen LogP) is 2.36. The first-order valence-electron chi connectivity index (χ1n) is 7.25. The number of amides is 2. The quantitative estimate of drug-likeness (QED) is 0.864. The highest BCUT2D eigenvalue weighted by molar-refractivity contribution is 5.97. The number of unbranched alkanes of at least 4 members (excludes halogenated alkanes) is 1. The minimum absolute atomic E-state index is 0.158. The molecule has 2 amide bonds. The lowest BCUT2D eigenvalue weighted by molar-refractivity contribution is -0.136. The molecular formula is C16H18N2O3. The van der Waals surface area contributed by atoms with E-state index in [0.29, 0.717) is 17.8 Å². The Morgan fingerprint density at radius 1 is 1.29 bits per heavy atom. The number of carbonyl (C=O) groups excluding carboxylic acids is 2. The standard InChI is InChI=1S/C16H18N2O3/c1-2-3-9-18-12-10-21-15(19)13(12)14(17-16(18)20)11-7-5-4-6-8-11/h4-8,14H,2-3,9-10H2,1H3,(H,17,20)/t14-/m0/s1. The molecule has 1 N–H and O–H groups in total. The van der Waals surface area contributed by atoms with E-state index in [4.69, 9.17) is 4.74 Å². The molecule has 0 unspecified atom stereocenters. The van der Waals surface area contributed by atoms with Crippen molar-refractivity contribution in [2.75, 3.05) is 13.2 Å². The number of ether oxygens (including phenoxy) is 1. The molecule has 3 rings (SSSR count). The molecule has 1 aromatic rings. The van der Waals surface area contributed by atoms with Crippen molar-refractivity contribution in [3.05, 3.63) is 47.2 Å². The van der Waals surface area contributed by atoms with Crippen LogP contribution in [-0.2, 0) is 9.53 Å².